The molecule has 0 unspecified atom stereocenters. The molecule has 1 heterocycles. The number of amides is 2. The van der Waals surface area contributed by atoms with Crippen LogP contribution < -0.4 is 0 Å². The highest BCUT2D eigenvalue weighted by atomic mass is 19.4. The maximum atomic E-state index is 12.6. The van der Waals surface area contributed by atoms with Crippen LogP contribution in [0.3, 0.4) is 0 Å². The number of nitro groups is 1. The molecule has 7 nitrogen and oxygen atoms in total. The van der Waals surface area contributed by atoms with Crippen LogP contribution in [0.1, 0.15) is 26.3 Å². The maximum absolute atomic E-state index is 12.6. The van der Waals surface area contributed by atoms with Crippen LogP contribution in [0, 0.1) is 10.1 Å². The van der Waals surface area contributed by atoms with E-state index < -0.39 is 22.6 Å². The van der Waals surface area contributed by atoms with Crippen molar-refractivity contribution in [1.29, 1.82) is 0 Å². The largest absolute Gasteiger partial charge is 0.416 e. The number of rotatable bonds is 3. The fourth-order valence-corrected chi connectivity index (χ4v) is 3.03. The van der Waals surface area contributed by atoms with Gasteiger partial charge >= 0.3 is 6.18 Å². The van der Waals surface area contributed by atoms with Gasteiger partial charge in [0.15, 0.2) is 0 Å². The van der Waals surface area contributed by atoms with Crippen molar-refractivity contribution < 1.29 is 27.7 Å². The van der Waals surface area contributed by atoms with Crippen molar-refractivity contribution in [2.75, 3.05) is 26.2 Å². The SMILES string of the molecule is O=C(c1ccc(C(F)(F)F)cc1)N1CCN(C(=O)c2cccc([N+](=O)[O-])c2)CC1. The van der Waals surface area contributed by atoms with E-state index in [1.807, 2.05) is 0 Å². The Bertz CT molecular complexity index is 936. The summed E-state index contributed by atoms with van der Waals surface area (Å²) in [7, 11) is 0. The van der Waals surface area contributed by atoms with Gasteiger partial charge in [-0.25, -0.2) is 0 Å². The molecule has 29 heavy (non-hydrogen) atoms. The zero-order chi connectivity index (χ0) is 21.2. The quantitative estimate of drug-likeness (QED) is 0.578. The topological polar surface area (TPSA) is 83.8 Å². The molecule has 2 aromatic carbocycles. The highest BCUT2D eigenvalue weighted by Crippen LogP contribution is 2.29. The summed E-state index contributed by atoms with van der Waals surface area (Å²) in [5, 5.41) is 10.9. The van der Waals surface area contributed by atoms with E-state index in [1.165, 1.54) is 34.1 Å². The molecule has 0 aromatic heterocycles. The minimum absolute atomic E-state index is 0.136. The van der Waals surface area contributed by atoms with Crippen LogP contribution in [0.15, 0.2) is 48.5 Å². The van der Waals surface area contributed by atoms with E-state index in [0.29, 0.717) is 0 Å². The summed E-state index contributed by atoms with van der Waals surface area (Å²) in [4.78, 5) is 38.2. The molecule has 0 atom stereocenters. The van der Waals surface area contributed by atoms with Crippen molar-refractivity contribution in [3.8, 4) is 0 Å². The molecule has 0 radical (unpaired) electrons. The Morgan fingerprint density at radius 3 is 1.86 bits per heavy atom. The zero-order valence-corrected chi connectivity index (χ0v) is 15.1. The number of benzene rings is 2. The second-order valence-corrected chi connectivity index (χ2v) is 6.47. The molecular weight excluding hydrogens is 391 g/mol. The Hall–Kier alpha value is -3.43. The van der Waals surface area contributed by atoms with Gasteiger partial charge in [-0.3, -0.25) is 19.7 Å². The van der Waals surface area contributed by atoms with E-state index in [1.54, 1.807) is 0 Å². The van der Waals surface area contributed by atoms with Gasteiger partial charge < -0.3 is 9.80 Å². The predicted molar refractivity (Wildman–Crippen MR) is 96.3 cm³/mol. The number of nitrogens with zero attached hydrogens (tertiary/aromatic N) is 3. The molecule has 1 saturated heterocycles. The maximum Gasteiger partial charge on any atom is 0.416 e. The highest BCUT2D eigenvalue weighted by molar-refractivity contribution is 5.96. The van der Waals surface area contributed by atoms with Gasteiger partial charge in [0, 0.05) is 49.4 Å². The Morgan fingerprint density at radius 1 is 0.862 bits per heavy atom. The standard InChI is InChI=1S/C19H16F3N3O4/c20-19(21,22)15-6-4-13(5-7-15)17(26)23-8-10-24(11-9-23)18(27)14-2-1-3-16(12-14)25(28)29/h1-7,12H,8-11H2. The molecule has 2 aromatic rings. The van der Waals surface area contributed by atoms with Gasteiger partial charge in [0.05, 0.1) is 10.5 Å². The van der Waals surface area contributed by atoms with E-state index in [2.05, 4.69) is 0 Å². The van der Waals surface area contributed by atoms with E-state index in [-0.39, 0.29) is 48.9 Å². The average molecular weight is 407 g/mol. The molecule has 10 heteroatoms. The number of piperazine rings is 1. The molecule has 1 aliphatic heterocycles. The zero-order valence-electron chi connectivity index (χ0n) is 15.1. The van der Waals surface area contributed by atoms with Gasteiger partial charge in [-0.15, -0.1) is 0 Å². The molecule has 0 aliphatic carbocycles. The summed E-state index contributed by atoms with van der Waals surface area (Å²) in [6.45, 7) is 0.850. The minimum Gasteiger partial charge on any atom is -0.335 e. The molecular formula is C19H16F3N3O4. The average Bonchev–Trinajstić information content (AvgIpc) is 2.72. The molecule has 0 saturated carbocycles. The van der Waals surface area contributed by atoms with Crippen molar-refractivity contribution in [3.63, 3.8) is 0 Å². The normalized spacial score (nSPS) is 14.6. The third-order valence-electron chi connectivity index (χ3n) is 4.62. The first kappa shape index (κ1) is 20.3. The monoisotopic (exact) mass is 407 g/mol. The lowest BCUT2D eigenvalue weighted by molar-refractivity contribution is -0.384. The number of alkyl halides is 3. The van der Waals surface area contributed by atoms with Crippen LogP contribution in [0.5, 0.6) is 0 Å². The van der Waals surface area contributed by atoms with Crippen molar-refractivity contribution in [2.24, 2.45) is 0 Å². The smallest absolute Gasteiger partial charge is 0.335 e. The molecule has 1 aliphatic rings. The first-order valence-corrected chi connectivity index (χ1v) is 8.67. The first-order valence-electron chi connectivity index (χ1n) is 8.67. The van der Waals surface area contributed by atoms with Gasteiger partial charge in [-0.05, 0) is 30.3 Å². The van der Waals surface area contributed by atoms with Crippen LogP contribution in [0.4, 0.5) is 18.9 Å². The number of carbonyl (C=O) groups excluding carboxylic acids is 2. The summed E-state index contributed by atoms with van der Waals surface area (Å²) >= 11 is 0. The molecule has 2 amide bonds. The molecule has 0 bridgehead atoms. The van der Waals surface area contributed by atoms with Crippen LogP contribution in [0.2, 0.25) is 0 Å². The molecule has 0 N–H and O–H groups in total. The molecule has 3 rings (SSSR count). The number of hydrogen-bond acceptors (Lipinski definition) is 4. The van der Waals surface area contributed by atoms with E-state index >= 15 is 0 Å². The Balaban J connectivity index is 1.62. The number of carbonyl (C=O) groups is 2. The van der Waals surface area contributed by atoms with Crippen LogP contribution in [-0.4, -0.2) is 52.7 Å². The summed E-state index contributed by atoms with van der Waals surface area (Å²) < 4.78 is 37.9. The number of non-ortho nitro benzene ring substituents is 1. The minimum atomic E-state index is -4.47. The first-order chi connectivity index (χ1) is 13.7. The van der Waals surface area contributed by atoms with Crippen LogP contribution in [-0.2, 0) is 6.18 Å². The molecule has 1 fully saturated rings. The fourth-order valence-electron chi connectivity index (χ4n) is 3.03. The molecule has 0 spiro atoms. The predicted octanol–water partition coefficient (Wildman–Crippen LogP) is 3.21. The number of nitro benzene ring substituents is 1. The summed E-state index contributed by atoms with van der Waals surface area (Å²) in [5.74, 6) is -0.795. The second kappa shape index (κ2) is 7.90. The van der Waals surface area contributed by atoms with Crippen LogP contribution >= 0.6 is 0 Å². The summed E-state index contributed by atoms with van der Waals surface area (Å²) in [6, 6.07) is 9.37. The lowest BCUT2D eigenvalue weighted by Crippen LogP contribution is -2.50. The van der Waals surface area contributed by atoms with Crippen molar-refractivity contribution >= 4 is 17.5 Å². The van der Waals surface area contributed by atoms with Gasteiger partial charge in [0.1, 0.15) is 0 Å². The lowest BCUT2D eigenvalue weighted by Gasteiger charge is -2.34. The van der Waals surface area contributed by atoms with Gasteiger partial charge in [0.25, 0.3) is 17.5 Å². The lowest BCUT2D eigenvalue weighted by atomic mass is 10.1. The third kappa shape index (κ3) is 4.53. The molecule has 152 valence electrons. The third-order valence-corrected chi connectivity index (χ3v) is 4.62. The van der Waals surface area contributed by atoms with Crippen molar-refractivity contribution in [2.45, 2.75) is 6.18 Å². The summed E-state index contributed by atoms with van der Waals surface area (Å²) in [5.41, 5.74) is -0.702. The van der Waals surface area contributed by atoms with Gasteiger partial charge in [-0.1, -0.05) is 6.07 Å². The van der Waals surface area contributed by atoms with E-state index in [0.717, 1.165) is 24.3 Å². The van der Waals surface area contributed by atoms with E-state index in [9.17, 15) is 32.9 Å². The Labute approximate surface area is 163 Å². The summed E-state index contributed by atoms with van der Waals surface area (Å²) in [6.07, 6.45) is -4.47. The Kier molecular flexibility index (Phi) is 5.53. The van der Waals surface area contributed by atoms with E-state index in [4.69, 9.17) is 0 Å². The highest BCUT2D eigenvalue weighted by Gasteiger charge is 2.31. The fraction of sp³-hybridized carbons (Fsp3) is 0.263. The Morgan fingerprint density at radius 2 is 1.38 bits per heavy atom. The van der Waals surface area contributed by atoms with Gasteiger partial charge in [0.2, 0.25) is 0 Å². The van der Waals surface area contributed by atoms with Crippen molar-refractivity contribution in [3.05, 3.63) is 75.3 Å². The van der Waals surface area contributed by atoms with Gasteiger partial charge in [-0.2, -0.15) is 13.2 Å². The van der Waals surface area contributed by atoms with Crippen LogP contribution in [0.25, 0.3) is 0 Å². The number of halogens is 3. The second-order valence-electron chi connectivity index (χ2n) is 6.47. The van der Waals surface area contributed by atoms with Crippen molar-refractivity contribution in [1.82, 2.24) is 9.80 Å². The number of hydrogen-bond donors (Lipinski definition) is 0.